The number of para-hydroxylation sites is 1. The van der Waals surface area contributed by atoms with Crippen molar-refractivity contribution in [3.05, 3.63) is 42.1 Å². The molecule has 2 rings (SSSR count). The molecule has 1 atom stereocenters. The Bertz CT molecular complexity index is 624. The second kappa shape index (κ2) is 9.29. The normalized spacial score (nSPS) is 12.4. The number of nitrogens with zero attached hydrogens (tertiary/aromatic N) is 1. The van der Waals surface area contributed by atoms with Crippen LogP contribution in [0, 0.1) is 5.92 Å². The zero-order valence-corrected chi connectivity index (χ0v) is 14.1. The number of rotatable bonds is 10. The third-order valence-electron chi connectivity index (χ3n) is 4.44. The number of aromatic nitrogens is 1. The molecular weight excluding hydrogens is 284 g/mol. The van der Waals surface area contributed by atoms with E-state index in [2.05, 4.69) is 24.0 Å². The van der Waals surface area contributed by atoms with Gasteiger partial charge < -0.3 is 5.73 Å². The number of benzene rings is 1. The average molecular weight is 312 g/mol. The molecule has 0 aliphatic heterocycles. The van der Waals surface area contributed by atoms with Crippen LogP contribution >= 0.6 is 0 Å². The van der Waals surface area contributed by atoms with Crippen LogP contribution in [0.15, 0.2) is 36.5 Å². The van der Waals surface area contributed by atoms with E-state index in [4.69, 9.17) is 5.73 Å². The van der Waals surface area contributed by atoms with Crippen LogP contribution in [0.25, 0.3) is 10.9 Å². The summed E-state index contributed by atoms with van der Waals surface area (Å²) in [5, 5.41) is 1.12. The smallest absolute Gasteiger partial charge is 0.220 e. The van der Waals surface area contributed by atoms with Gasteiger partial charge in [0.05, 0.1) is 5.52 Å². The van der Waals surface area contributed by atoms with Crippen LogP contribution in [0.3, 0.4) is 0 Å². The molecule has 0 saturated heterocycles. The van der Waals surface area contributed by atoms with E-state index < -0.39 is 0 Å². The molecule has 2 N–H and O–H groups in total. The van der Waals surface area contributed by atoms with Gasteiger partial charge in [0.1, 0.15) is 0 Å². The highest BCUT2D eigenvalue weighted by atomic mass is 16.1. The lowest BCUT2D eigenvalue weighted by molar-refractivity contribution is -0.122. The van der Waals surface area contributed by atoms with Crippen molar-refractivity contribution in [2.75, 3.05) is 0 Å². The summed E-state index contributed by atoms with van der Waals surface area (Å²) in [5.41, 5.74) is 7.68. The number of carbonyl (C=O) groups excluding carboxylic acids is 1. The fourth-order valence-electron chi connectivity index (χ4n) is 3.03. The Morgan fingerprint density at radius 3 is 2.65 bits per heavy atom. The molecule has 0 aliphatic carbocycles. The molecule has 0 saturated carbocycles. The maximum absolute atomic E-state index is 11.7. The van der Waals surface area contributed by atoms with E-state index in [9.17, 15) is 4.79 Å². The van der Waals surface area contributed by atoms with Crippen LogP contribution < -0.4 is 5.73 Å². The molecule has 1 aromatic carbocycles. The number of pyridine rings is 1. The highest BCUT2D eigenvalue weighted by Gasteiger charge is 2.16. The predicted molar refractivity (Wildman–Crippen MR) is 96.1 cm³/mol. The molecule has 0 aliphatic rings. The molecule has 2 aromatic rings. The standard InChI is InChI=1S/C20H28N2O/c1-2-3-4-5-6-7-11-18(20(21)23)14-16-13-17-10-8-9-12-19(17)22-15-16/h8-10,12-13,15,18H,2-7,11,14H2,1H3,(H2,21,23). The maximum Gasteiger partial charge on any atom is 0.220 e. The SMILES string of the molecule is CCCCCCCCC(Cc1cnc2ccccc2c1)C(N)=O. The molecule has 0 radical (unpaired) electrons. The van der Waals surface area contributed by atoms with Gasteiger partial charge in [-0.15, -0.1) is 0 Å². The minimum atomic E-state index is -0.188. The first kappa shape index (κ1) is 17.5. The molecule has 1 aromatic heterocycles. The van der Waals surface area contributed by atoms with Crippen molar-refractivity contribution in [1.82, 2.24) is 4.98 Å². The van der Waals surface area contributed by atoms with Gasteiger partial charge in [-0.1, -0.05) is 63.6 Å². The summed E-state index contributed by atoms with van der Waals surface area (Å²) in [6, 6.07) is 10.2. The van der Waals surface area contributed by atoms with Crippen LogP contribution in [0.2, 0.25) is 0 Å². The number of amides is 1. The minimum Gasteiger partial charge on any atom is -0.369 e. The summed E-state index contributed by atoms with van der Waals surface area (Å²) in [5.74, 6) is -0.268. The number of hydrogen-bond donors (Lipinski definition) is 1. The van der Waals surface area contributed by atoms with Gasteiger partial charge >= 0.3 is 0 Å². The second-order valence-electron chi connectivity index (χ2n) is 6.40. The Morgan fingerprint density at radius 2 is 1.87 bits per heavy atom. The third-order valence-corrected chi connectivity index (χ3v) is 4.44. The number of carbonyl (C=O) groups is 1. The largest absolute Gasteiger partial charge is 0.369 e. The number of fused-ring (bicyclic) bond motifs is 1. The van der Waals surface area contributed by atoms with Crippen LogP contribution in [0.5, 0.6) is 0 Å². The highest BCUT2D eigenvalue weighted by molar-refractivity contribution is 5.79. The van der Waals surface area contributed by atoms with Crippen molar-refractivity contribution in [2.24, 2.45) is 11.7 Å². The Kier molecular flexibility index (Phi) is 7.05. The van der Waals surface area contributed by atoms with Gasteiger partial charge in [-0.05, 0) is 30.5 Å². The van der Waals surface area contributed by atoms with Gasteiger partial charge in [0.15, 0.2) is 0 Å². The van der Waals surface area contributed by atoms with E-state index in [-0.39, 0.29) is 11.8 Å². The second-order valence-corrected chi connectivity index (χ2v) is 6.40. The van der Waals surface area contributed by atoms with Crippen LogP contribution in [0.4, 0.5) is 0 Å². The number of primary amides is 1. The van der Waals surface area contributed by atoms with Crippen molar-refractivity contribution in [3.8, 4) is 0 Å². The topological polar surface area (TPSA) is 56.0 Å². The molecule has 1 amide bonds. The average Bonchev–Trinajstić information content (AvgIpc) is 2.56. The van der Waals surface area contributed by atoms with Gasteiger partial charge in [0, 0.05) is 17.5 Å². The maximum atomic E-state index is 11.7. The first-order valence-corrected chi connectivity index (χ1v) is 8.83. The quantitative estimate of drug-likeness (QED) is 0.650. The molecular formula is C20H28N2O. The number of nitrogens with two attached hydrogens (primary N) is 1. The van der Waals surface area contributed by atoms with Crippen molar-refractivity contribution >= 4 is 16.8 Å². The molecule has 0 fully saturated rings. The monoisotopic (exact) mass is 312 g/mol. The summed E-state index contributed by atoms with van der Waals surface area (Å²) >= 11 is 0. The summed E-state index contributed by atoms with van der Waals surface area (Å²) in [6.07, 6.45) is 10.9. The van der Waals surface area contributed by atoms with E-state index >= 15 is 0 Å². The van der Waals surface area contributed by atoms with Crippen LogP contribution in [-0.2, 0) is 11.2 Å². The van der Waals surface area contributed by atoms with Crippen molar-refractivity contribution in [1.29, 1.82) is 0 Å². The van der Waals surface area contributed by atoms with Gasteiger partial charge in [-0.2, -0.15) is 0 Å². The predicted octanol–water partition coefficient (Wildman–Crippen LogP) is 4.63. The van der Waals surface area contributed by atoms with Gasteiger partial charge in [0.2, 0.25) is 5.91 Å². The van der Waals surface area contributed by atoms with E-state index in [1.165, 1.54) is 32.1 Å². The molecule has 1 heterocycles. The molecule has 0 spiro atoms. The number of hydrogen-bond acceptors (Lipinski definition) is 2. The van der Waals surface area contributed by atoms with Gasteiger partial charge in [0.25, 0.3) is 0 Å². The van der Waals surface area contributed by atoms with E-state index in [1.54, 1.807) is 0 Å². The third kappa shape index (κ3) is 5.66. The molecule has 3 nitrogen and oxygen atoms in total. The molecule has 23 heavy (non-hydrogen) atoms. The van der Waals surface area contributed by atoms with Gasteiger partial charge in [-0.25, -0.2) is 0 Å². The van der Waals surface area contributed by atoms with E-state index in [0.717, 1.165) is 29.3 Å². The van der Waals surface area contributed by atoms with E-state index in [1.807, 2.05) is 24.4 Å². The lowest BCUT2D eigenvalue weighted by Crippen LogP contribution is -2.25. The zero-order chi connectivity index (χ0) is 16.5. The summed E-state index contributed by atoms with van der Waals surface area (Å²) in [4.78, 5) is 16.2. The lowest BCUT2D eigenvalue weighted by Gasteiger charge is -2.13. The Balaban J connectivity index is 1.88. The fraction of sp³-hybridized carbons (Fsp3) is 0.500. The van der Waals surface area contributed by atoms with Crippen molar-refractivity contribution < 1.29 is 4.79 Å². The number of unbranched alkanes of at least 4 members (excludes halogenated alkanes) is 5. The highest BCUT2D eigenvalue weighted by Crippen LogP contribution is 2.19. The Labute approximate surface area is 139 Å². The van der Waals surface area contributed by atoms with Gasteiger partial charge in [-0.3, -0.25) is 9.78 Å². The Hall–Kier alpha value is -1.90. The first-order chi connectivity index (χ1) is 11.2. The summed E-state index contributed by atoms with van der Waals surface area (Å²) in [7, 11) is 0. The minimum absolute atomic E-state index is 0.0795. The summed E-state index contributed by atoms with van der Waals surface area (Å²) in [6.45, 7) is 2.22. The van der Waals surface area contributed by atoms with Crippen LogP contribution in [0.1, 0.15) is 57.4 Å². The van der Waals surface area contributed by atoms with Crippen molar-refractivity contribution in [3.63, 3.8) is 0 Å². The molecule has 124 valence electrons. The molecule has 0 bridgehead atoms. The van der Waals surface area contributed by atoms with Crippen molar-refractivity contribution in [2.45, 2.75) is 58.3 Å². The van der Waals surface area contributed by atoms with E-state index in [0.29, 0.717) is 6.42 Å². The Morgan fingerprint density at radius 1 is 1.13 bits per heavy atom. The fourth-order valence-corrected chi connectivity index (χ4v) is 3.03. The first-order valence-electron chi connectivity index (χ1n) is 8.83. The molecule has 3 heteroatoms. The van der Waals surface area contributed by atoms with Crippen LogP contribution in [-0.4, -0.2) is 10.9 Å². The summed E-state index contributed by atoms with van der Waals surface area (Å²) < 4.78 is 0. The molecule has 1 unspecified atom stereocenters. The zero-order valence-electron chi connectivity index (χ0n) is 14.1. The lowest BCUT2D eigenvalue weighted by atomic mass is 9.93.